The van der Waals surface area contributed by atoms with Gasteiger partial charge < -0.3 is 32.0 Å². The number of aliphatic carboxylic acids is 1. The number of fused-ring (bicyclic) bond motifs is 1. The maximum atomic E-state index is 12.2. The Hall–Kier alpha value is -2.99. The maximum absolute atomic E-state index is 12.2. The zero-order valence-corrected chi connectivity index (χ0v) is 14.9. The number of anilines is 2. The highest BCUT2D eigenvalue weighted by molar-refractivity contribution is 5.85. The quantitative estimate of drug-likeness (QED) is 0.264. The number of hydrogen-bond acceptors (Lipinski definition) is 10. The van der Waals surface area contributed by atoms with E-state index in [-0.39, 0.29) is 35.9 Å². The largest absolute Gasteiger partial charge is 0.548 e. The van der Waals surface area contributed by atoms with Crippen molar-refractivity contribution in [2.75, 3.05) is 31.2 Å². The van der Waals surface area contributed by atoms with Gasteiger partial charge in [-0.15, -0.1) is 0 Å². The number of nitrogen functional groups attached to an aromatic ring is 1. The molecule has 12 heteroatoms. The zero-order chi connectivity index (χ0) is 20.0. The third-order valence-corrected chi connectivity index (χ3v) is 4.05. The van der Waals surface area contributed by atoms with Crippen LogP contribution in [0.3, 0.4) is 0 Å². The molecule has 2 heterocycles. The highest BCUT2D eigenvalue weighted by Gasteiger charge is 2.15. The van der Waals surface area contributed by atoms with Crippen LogP contribution in [0.4, 0.5) is 11.8 Å². The Kier molecular flexibility index (Phi) is 6.85. The van der Waals surface area contributed by atoms with Crippen molar-refractivity contribution < 1.29 is 9.90 Å². The first-order chi connectivity index (χ1) is 12.9. The highest BCUT2D eigenvalue weighted by atomic mass is 16.4. The Balaban J connectivity index is 2.25. The number of nitrogens with one attached hydrogen (secondary N) is 3. The standard InChI is InChI=1S/C15H24N8O4/c1-18-14-21-11-9(12(24)22-14)10(17)20-15(27)23(11)7-6-19-8(13(25)26)4-2-3-5-16/h8,19H,2-7,16H2,1H3,(H,25,26)(H2,17,20,27)(H2,18,21,22,24)/p-1. The monoisotopic (exact) mass is 379 g/mol. The van der Waals surface area contributed by atoms with E-state index in [1.165, 1.54) is 4.57 Å². The second kappa shape index (κ2) is 9.09. The van der Waals surface area contributed by atoms with Crippen LogP contribution in [-0.4, -0.2) is 51.7 Å². The van der Waals surface area contributed by atoms with Gasteiger partial charge in [0.1, 0.15) is 11.2 Å². The molecule has 7 N–H and O–H groups in total. The van der Waals surface area contributed by atoms with E-state index in [0.29, 0.717) is 25.8 Å². The van der Waals surface area contributed by atoms with Gasteiger partial charge in [-0.05, 0) is 19.4 Å². The van der Waals surface area contributed by atoms with E-state index < -0.39 is 23.3 Å². The smallest absolute Gasteiger partial charge is 0.351 e. The second-order valence-electron chi connectivity index (χ2n) is 5.90. The third-order valence-electron chi connectivity index (χ3n) is 4.05. The predicted octanol–water partition coefficient (Wildman–Crippen LogP) is -3.06. The lowest BCUT2D eigenvalue weighted by Crippen LogP contribution is -2.47. The molecular formula is C15H23N8O4-. The number of hydrogen-bond donors (Lipinski definition) is 5. The normalized spacial score (nSPS) is 12.2. The van der Waals surface area contributed by atoms with Crippen LogP contribution >= 0.6 is 0 Å². The Labute approximate surface area is 154 Å². The average molecular weight is 379 g/mol. The predicted molar refractivity (Wildman–Crippen MR) is 98.1 cm³/mol. The van der Waals surface area contributed by atoms with Crippen LogP contribution in [0.15, 0.2) is 9.59 Å². The number of aromatic amines is 1. The molecule has 0 amide bonds. The van der Waals surface area contributed by atoms with Crippen LogP contribution in [0.25, 0.3) is 11.0 Å². The number of unbranched alkanes of at least 4 members (excludes halogenated alkanes) is 1. The number of carbonyl (C=O) groups excluding carboxylic acids is 1. The molecule has 0 spiro atoms. The van der Waals surface area contributed by atoms with Crippen molar-refractivity contribution in [3.8, 4) is 0 Å². The minimum atomic E-state index is -1.23. The van der Waals surface area contributed by atoms with Gasteiger partial charge in [0.05, 0.1) is 5.97 Å². The van der Waals surface area contributed by atoms with E-state index in [2.05, 4.69) is 25.6 Å². The molecule has 0 aliphatic rings. The fourth-order valence-corrected chi connectivity index (χ4v) is 2.66. The van der Waals surface area contributed by atoms with E-state index in [9.17, 15) is 19.5 Å². The second-order valence-corrected chi connectivity index (χ2v) is 5.90. The van der Waals surface area contributed by atoms with Crippen molar-refractivity contribution in [1.82, 2.24) is 24.8 Å². The first-order valence-corrected chi connectivity index (χ1v) is 8.51. The lowest BCUT2D eigenvalue weighted by molar-refractivity contribution is -0.308. The molecule has 2 aromatic rings. The number of rotatable bonds is 10. The fraction of sp³-hybridized carbons (Fsp3) is 0.533. The number of carbonyl (C=O) groups is 1. The maximum Gasteiger partial charge on any atom is 0.351 e. The Bertz CT molecular complexity index is 922. The molecule has 0 aliphatic carbocycles. The van der Waals surface area contributed by atoms with Crippen LogP contribution in [-0.2, 0) is 11.3 Å². The van der Waals surface area contributed by atoms with Crippen molar-refractivity contribution in [2.24, 2.45) is 5.73 Å². The lowest BCUT2D eigenvalue weighted by atomic mass is 10.1. The van der Waals surface area contributed by atoms with E-state index in [4.69, 9.17) is 11.5 Å². The summed E-state index contributed by atoms with van der Waals surface area (Å²) in [6.45, 7) is 0.653. The van der Waals surface area contributed by atoms with Crippen molar-refractivity contribution in [3.63, 3.8) is 0 Å². The molecule has 27 heavy (non-hydrogen) atoms. The fourth-order valence-electron chi connectivity index (χ4n) is 2.66. The summed E-state index contributed by atoms with van der Waals surface area (Å²) in [5.74, 6) is -1.29. The van der Waals surface area contributed by atoms with Crippen molar-refractivity contribution >= 4 is 28.8 Å². The lowest BCUT2D eigenvalue weighted by Gasteiger charge is -2.20. The number of nitrogens with zero attached hydrogens (tertiary/aromatic N) is 3. The van der Waals surface area contributed by atoms with Gasteiger partial charge in [-0.1, -0.05) is 6.42 Å². The van der Waals surface area contributed by atoms with E-state index >= 15 is 0 Å². The molecule has 0 bridgehead atoms. The molecule has 2 aromatic heterocycles. The van der Waals surface area contributed by atoms with Crippen LogP contribution in [0.2, 0.25) is 0 Å². The molecule has 0 radical (unpaired) electrons. The van der Waals surface area contributed by atoms with Crippen LogP contribution in [0.5, 0.6) is 0 Å². The summed E-state index contributed by atoms with van der Waals surface area (Å²) in [4.78, 5) is 45.9. The number of carboxylic acid groups (broad SMARTS) is 1. The van der Waals surface area contributed by atoms with Gasteiger partial charge in [-0.2, -0.15) is 9.97 Å². The number of H-pyrrole nitrogens is 1. The van der Waals surface area contributed by atoms with E-state index in [0.717, 1.165) is 0 Å². The van der Waals surface area contributed by atoms with Crippen molar-refractivity contribution in [3.05, 3.63) is 20.8 Å². The van der Waals surface area contributed by atoms with Crippen molar-refractivity contribution in [1.29, 1.82) is 0 Å². The minimum absolute atomic E-state index is 0.00648. The molecule has 0 aliphatic heterocycles. The summed E-state index contributed by atoms with van der Waals surface area (Å²) in [5.41, 5.74) is 9.94. The summed E-state index contributed by atoms with van der Waals surface area (Å²) in [6.07, 6.45) is 1.70. The summed E-state index contributed by atoms with van der Waals surface area (Å²) >= 11 is 0. The summed E-state index contributed by atoms with van der Waals surface area (Å²) < 4.78 is 1.17. The topological polar surface area (TPSA) is 197 Å². The zero-order valence-electron chi connectivity index (χ0n) is 14.9. The molecule has 0 saturated carbocycles. The Morgan fingerprint density at radius 3 is 2.70 bits per heavy atom. The van der Waals surface area contributed by atoms with Gasteiger partial charge in [0.15, 0.2) is 5.65 Å². The number of nitrogens with two attached hydrogens (primary N) is 2. The van der Waals surface area contributed by atoms with Gasteiger partial charge in [0, 0.05) is 26.2 Å². The third kappa shape index (κ3) is 4.80. The van der Waals surface area contributed by atoms with Crippen LogP contribution < -0.4 is 38.5 Å². The molecule has 1 unspecified atom stereocenters. The van der Waals surface area contributed by atoms with Gasteiger partial charge in [0.25, 0.3) is 5.56 Å². The molecule has 0 saturated heterocycles. The molecular weight excluding hydrogens is 356 g/mol. The molecule has 12 nitrogen and oxygen atoms in total. The molecule has 0 aromatic carbocycles. The van der Waals surface area contributed by atoms with Gasteiger partial charge in [-0.3, -0.25) is 14.3 Å². The first kappa shape index (κ1) is 20.3. The Morgan fingerprint density at radius 1 is 1.33 bits per heavy atom. The molecule has 148 valence electrons. The van der Waals surface area contributed by atoms with Crippen LogP contribution in [0, 0.1) is 0 Å². The first-order valence-electron chi connectivity index (χ1n) is 8.51. The Morgan fingerprint density at radius 2 is 2.07 bits per heavy atom. The van der Waals surface area contributed by atoms with Gasteiger partial charge in [-0.25, -0.2) is 4.79 Å². The highest BCUT2D eigenvalue weighted by Crippen LogP contribution is 2.11. The van der Waals surface area contributed by atoms with E-state index in [1.54, 1.807) is 7.05 Å². The molecule has 0 fully saturated rings. The number of carboxylic acids is 1. The molecule has 2 rings (SSSR count). The van der Waals surface area contributed by atoms with Gasteiger partial charge >= 0.3 is 5.69 Å². The van der Waals surface area contributed by atoms with E-state index in [1.807, 2.05) is 0 Å². The summed E-state index contributed by atoms with van der Waals surface area (Å²) in [7, 11) is 1.56. The average Bonchev–Trinajstić information content (AvgIpc) is 2.61. The SMILES string of the molecule is CNc1nc2c(c(N)nc(=O)n2CCNC(CCCCN)C(=O)[O-])c(=O)[nH]1. The van der Waals surface area contributed by atoms with Crippen molar-refractivity contribution in [2.45, 2.75) is 31.8 Å². The summed E-state index contributed by atoms with van der Waals surface area (Å²) in [5, 5.41) is 16.7. The summed E-state index contributed by atoms with van der Waals surface area (Å²) in [6, 6.07) is -0.871. The minimum Gasteiger partial charge on any atom is -0.548 e. The van der Waals surface area contributed by atoms with Crippen LogP contribution in [0.1, 0.15) is 19.3 Å². The molecule has 1 atom stereocenters. The number of aromatic nitrogens is 4. The van der Waals surface area contributed by atoms with Gasteiger partial charge in [0.2, 0.25) is 5.95 Å².